The summed E-state index contributed by atoms with van der Waals surface area (Å²) in [5, 5.41) is 0. The number of nitrogens with two attached hydrogens (primary N) is 1. The second-order valence-electron chi connectivity index (χ2n) is 4.07. The van der Waals surface area contributed by atoms with Crippen LogP contribution in [0.5, 0.6) is 0 Å². The lowest BCUT2D eigenvalue weighted by Gasteiger charge is -2.37. The maximum absolute atomic E-state index is 11.6. The number of hydrogen-bond acceptors (Lipinski definition) is 3. The van der Waals surface area contributed by atoms with Crippen LogP contribution in [0.3, 0.4) is 0 Å². The van der Waals surface area contributed by atoms with Gasteiger partial charge in [-0.3, -0.25) is 4.79 Å². The Labute approximate surface area is 94.4 Å². The number of carbonyl (C=O) groups is 1. The lowest BCUT2D eigenvalue weighted by Crippen LogP contribution is -2.46. The Balaban J connectivity index is 2.52. The number of thioether (sulfide) groups is 1. The highest BCUT2D eigenvalue weighted by molar-refractivity contribution is 8.00. The average Bonchev–Trinajstić information content (AvgIpc) is 2.01. The first-order valence-electron chi connectivity index (χ1n) is 4.61. The summed E-state index contributed by atoms with van der Waals surface area (Å²) >= 11 is 6.63. The molecule has 0 aliphatic carbocycles. The highest BCUT2D eigenvalue weighted by Gasteiger charge is 2.29. The number of nitrogens with zero attached hydrogens (tertiary/aromatic N) is 1. The zero-order valence-corrected chi connectivity index (χ0v) is 10.2. The van der Waals surface area contributed by atoms with E-state index >= 15 is 0 Å². The molecule has 1 saturated heterocycles. The van der Waals surface area contributed by atoms with Crippen LogP contribution in [0.2, 0.25) is 0 Å². The largest absolute Gasteiger partial charge is 0.393 e. The van der Waals surface area contributed by atoms with Crippen LogP contribution in [0.25, 0.3) is 0 Å². The predicted molar refractivity (Wildman–Crippen MR) is 64.5 cm³/mol. The van der Waals surface area contributed by atoms with E-state index in [0.29, 0.717) is 0 Å². The summed E-state index contributed by atoms with van der Waals surface area (Å²) < 4.78 is 0.157. The molecule has 0 aromatic rings. The number of hydrogen-bond donors (Lipinski definition) is 1. The molecule has 1 fully saturated rings. The monoisotopic (exact) mass is 232 g/mol. The van der Waals surface area contributed by atoms with Gasteiger partial charge in [0.05, 0.1) is 11.4 Å². The predicted octanol–water partition coefficient (Wildman–Crippen LogP) is 1.02. The molecule has 80 valence electrons. The van der Waals surface area contributed by atoms with Crippen LogP contribution in [-0.2, 0) is 4.79 Å². The third kappa shape index (κ3) is 3.46. The van der Waals surface area contributed by atoms with E-state index in [1.54, 1.807) is 0 Å². The molecule has 14 heavy (non-hydrogen) atoms. The molecule has 0 atom stereocenters. The van der Waals surface area contributed by atoms with Gasteiger partial charge in [-0.05, 0) is 13.8 Å². The minimum absolute atomic E-state index is 0.0610. The molecule has 1 heterocycles. The molecular weight excluding hydrogens is 216 g/mol. The fourth-order valence-electron chi connectivity index (χ4n) is 1.49. The van der Waals surface area contributed by atoms with Crippen molar-refractivity contribution in [3.8, 4) is 0 Å². The van der Waals surface area contributed by atoms with Gasteiger partial charge in [0.2, 0.25) is 5.91 Å². The number of amides is 1. The van der Waals surface area contributed by atoms with Gasteiger partial charge in [-0.2, -0.15) is 11.8 Å². The van der Waals surface area contributed by atoms with Crippen molar-refractivity contribution in [3.05, 3.63) is 0 Å². The van der Waals surface area contributed by atoms with Crippen molar-refractivity contribution in [1.82, 2.24) is 4.90 Å². The van der Waals surface area contributed by atoms with Crippen LogP contribution in [0.1, 0.15) is 20.3 Å². The maximum Gasteiger partial charge on any atom is 0.229 e. The molecule has 0 saturated carbocycles. The van der Waals surface area contributed by atoms with E-state index in [1.807, 2.05) is 16.7 Å². The Bertz CT molecular complexity index is 253. The van der Waals surface area contributed by atoms with Crippen molar-refractivity contribution in [2.75, 3.05) is 18.8 Å². The van der Waals surface area contributed by atoms with Crippen molar-refractivity contribution in [1.29, 1.82) is 0 Å². The van der Waals surface area contributed by atoms with Crippen LogP contribution >= 0.6 is 24.0 Å². The van der Waals surface area contributed by atoms with Crippen molar-refractivity contribution in [2.45, 2.75) is 25.0 Å². The molecule has 2 N–H and O–H groups in total. The third-order valence-electron chi connectivity index (χ3n) is 2.10. The fraction of sp³-hybridized carbons (Fsp3) is 0.778. The molecule has 1 aliphatic rings. The zero-order valence-electron chi connectivity index (χ0n) is 8.58. The summed E-state index contributed by atoms with van der Waals surface area (Å²) in [5.74, 6) is 1.06. The molecule has 0 bridgehead atoms. The van der Waals surface area contributed by atoms with Gasteiger partial charge in [-0.25, -0.2) is 0 Å². The molecule has 1 rings (SSSR count). The minimum Gasteiger partial charge on any atom is -0.393 e. The maximum atomic E-state index is 11.6. The number of thiocarbonyl (C=S) groups is 1. The summed E-state index contributed by atoms with van der Waals surface area (Å²) in [6.07, 6.45) is 0.204. The van der Waals surface area contributed by atoms with Gasteiger partial charge in [0.25, 0.3) is 0 Å². The van der Waals surface area contributed by atoms with Gasteiger partial charge in [0.1, 0.15) is 0 Å². The average molecular weight is 232 g/mol. The zero-order chi connectivity index (χ0) is 10.8. The van der Waals surface area contributed by atoms with Crippen LogP contribution in [-0.4, -0.2) is 39.4 Å². The molecule has 0 spiro atoms. The molecule has 1 aliphatic heterocycles. The summed E-state index contributed by atoms with van der Waals surface area (Å²) in [6.45, 7) is 5.91. The molecule has 1 amide bonds. The number of carbonyl (C=O) groups excluding carboxylic acids is 1. The lowest BCUT2D eigenvalue weighted by atomic mass is 10.2. The molecule has 0 aromatic carbocycles. The van der Waals surface area contributed by atoms with Gasteiger partial charge < -0.3 is 10.6 Å². The van der Waals surface area contributed by atoms with Gasteiger partial charge in [-0.15, -0.1) is 0 Å². The Morgan fingerprint density at radius 2 is 2.29 bits per heavy atom. The van der Waals surface area contributed by atoms with Gasteiger partial charge in [0.15, 0.2) is 0 Å². The smallest absolute Gasteiger partial charge is 0.229 e. The van der Waals surface area contributed by atoms with Crippen molar-refractivity contribution in [2.24, 2.45) is 5.73 Å². The molecule has 0 radical (unpaired) electrons. The van der Waals surface area contributed by atoms with E-state index in [0.717, 1.165) is 18.8 Å². The van der Waals surface area contributed by atoms with Crippen molar-refractivity contribution in [3.63, 3.8) is 0 Å². The highest BCUT2D eigenvalue weighted by Crippen LogP contribution is 2.29. The van der Waals surface area contributed by atoms with E-state index in [9.17, 15) is 4.79 Å². The topological polar surface area (TPSA) is 46.3 Å². The van der Waals surface area contributed by atoms with Crippen LogP contribution in [0, 0.1) is 0 Å². The quantitative estimate of drug-likeness (QED) is 0.722. The Kier molecular flexibility index (Phi) is 3.78. The van der Waals surface area contributed by atoms with Crippen LogP contribution < -0.4 is 5.73 Å². The SMILES string of the molecule is CC1(C)CN(C(=O)CC(N)=S)CCS1. The van der Waals surface area contributed by atoms with Gasteiger partial charge >= 0.3 is 0 Å². The van der Waals surface area contributed by atoms with Crippen molar-refractivity contribution < 1.29 is 4.79 Å². The van der Waals surface area contributed by atoms with E-state index in [2.05, 4.69) is 13.8 Å². The van der Waals surface area contributed by atoms with E-state index < -0.39 is 0 Å². The lowest BCUT2D eigenvalue weighted by molar-refractivity contribution is -0.130. The molecule has 3 nitrogen and oxygen atoms in total. The van der Waals surface area contributed by atoms with Crippen LogP contribution in [0.4, 0.5) is 0 Å². The second kappa shape index (κ2) is 4.49. The molecular formula is C9H16N2OS2. The standard InChI is InChI=1S/C9H16N2OS2/c1-9(2)6-11(3-4-14-9)8(12)5-7(10)13/h3-6H2,1-2H3,(H2,10,13). The first-order chi connectivity index (χ1) is 6.41. The number of rotatable bonds is 2. The normalized spacial score (nSPS) is 20.6. The summed E-state index contributed by atoms with van der Waals surface area (Å²) in [5.41, 5.74) is 5.35. The van der Waals surface area contributed by atoms with Crippen molar-refractivity contribution >= 4 is 34.9 Å². The van der Waals surface area contributed by atoms with E-state index in [1.165, 1.54) is 0 Å². The first kappa shape index (κ1) is 11.8. The van der Waals surface area contributed by atoms with Gasteiger partial charge in [-0.1, -0.05) is 12.2 Å². The Morgan fingerprint density at radius 1 is 1.64 bits per heavy atom. The highest BCUT2D eigenvalue weighted by atomic mass is 32.2. The molecule has 5 heteroatoms. The molecule has 0 unspecified atom stereocenters. The first-order valence-corrected chi connectivity index (χ1v) is 6.00. The molecule has 0 aromatic heterocycles. The Hall–Kier alpha value is -0.290. The summed E-state index contributed by atoms with van der Waals surface area (Å²) in [4.78, 5) is 13.8. The van der Waals surface area contributed by atoms with E-state index in [4.69, 9.17) is 18.0 Å². The minimum atomic E-state index is 0.0610. The fourth-order valence-corrected chi connectivity index (χ4v) is 2.73. The van der Waals surface area contributed by atoms with Gasteiger partial charge in [0, 0.05) is 23.6 Å². The third-order valence-corrected chi connectivity index (χ3v) is 3.55. The van der Waals surface area contributed by atoms with Crippen LogP contribution in [0.15, 0.2) is 0 Å². The summed E-state index contributed by atoms with van der Waals surface area (Å²) in [7, 11) is 0. The Morgan fingerprint density at radius 3 is 2.79 bits per heavy atom. The van der Waals surface area contributed by atoms with E-state index in [-0.39, 0.29) is 22.1 Å². The summed E-state index contributed by atoms with van der Waals surface area (Å²) in [6, 6.07) is 0. The second-order valence-corrected chi connectivity index (χ2v) is 6.39.